The summed E-state index contributed by atoms with van der Waals surface area (Å²) in [5.41, 5.74) is 6.48. The Morgan fingerprint density at radius 2 is 2.24 bits per heavy atom. The van der Waals surface area contributed by atoms with Crippen molar-refractivity contribution in [2.75, 3.05) is 0 Å². The second kappa shape index (κ2) is 4.47. The normalized spacial score (nSPS) is 11.5. The number of nitrogens with one attached hydrogen (secondary N) is 1. The molecule has 0 aliphatic carbocycles. The van der Waals surface area contributed by atoms with Crippen LogP contribution in [0.3, 0.4) is 0 Å². The molecule has 0 unspecified atom stereocenters. The van der Waals surface area contributed by atoms with E-state index in [0.717, 1.165) is 5.69 Å². The Labute approximate surface area is 96.2 Å². The van der Waals surface area contributed by atoms with Crippen molar-refractivity contribution in [3.8, 4) is 11.8 Å². The molecule has 8 nitrogen and oxygen atoms in total. The van der Waals surface area contributed by atoms with Crippen molar-refractivity contribution in [1.82, 2.24) is 20.2 Å². The van der Waals surface area contributed by atoms with Crippen LogP contribution >= 0.6 is 0 Å². The molecule has 0 aliphatic heterocycles. The Morgan fingerprint density at radius 3 is 2.76 bits per heavy atom. The molecule has 2 heterocycles. The van der Waals surface area contributed by atoms with Gasteiger partial charge < -0.3 is 15.7 Å². The van der Waals surface area contributed by atoms with E-state index in [-0.39, 0.29) is 17.4 Å². The zero-order valence-corrected chi connectivity index (χ0v) is 8.95. The van der Waals surface area contributed by atoms with Gasteiger partial charge >= 0.3 is 0 Å². The fourth-order valence-electron chi connectivity index (χ4n) is 1.10. The standard InChI is InChI=1S/C9H10N6O2/c1-5-2-7(14-13-5)17-8-4-11-6(3-12-8)9(10)15-16/h2-4,16H,1H3,(H2,10,15)(H,13,14). The third kappa shape index (κ3) is 2.48. The molecular formula is C9H10N6O2. The van der Waals surface area contributed by atoms with Gasteiger partial charge in [-0.1, -0.05) is 5.16 Å². The number of hydrogen-bond acceptors (Lipinski definition) is 6. The molecule has 0 atom stereocenters. The third-order valence-electron chi connectivity index (χ3n) is 1.89. The highest BCUT2D eigenvalue weighted by Gasteiger charge is 2.05. The van der Waals surface area contributed by atoms with Crippen LogP contribution in [0.25, 0.3) is 0 Å². The minimum atomic E-state index is -0.111. The van der Waals surface area contributed by atoms with Crippen LogP contribution in [0, 0.1) is 6.92 Å². The number of nitrogens with zero attached hydrogens (tertiary/aromatic N) is 4. The van der Waals surface area contributed by atoms with Gasteiger partial charge in [-0.05, 0) is 6.92 Å². The molecule has 0 spiro atoms. The van der Waals surface area contributed by atoms with Gasteiger partial charge in [-0.3, -0.25) is 5.10 Å². The second-order valence-corrected chi connectivity index (χ2v) is 3.22. The van der Waals surface area contributed by atoms with E-state index in [9.17, 15) is 0 Å². The van der Waals surface area contributed by atoms with Gasteiger partial charge in [0.2, 0.25) is 11.8 Å². The van der Waals surface area contributed by atoms with E-state index < -0.39 is 0 Å². The number of nitrogens with two attached hydrogens (primary N) is 1. The van der Waals surface area contributed by atoms with Crippen LogP contribution < -0.4 is 10.5 Å². The van der Waals surface area contributed by atoms with Gasteiger partial charge in [-0.2, -0.15) is 0 Å². The van der Waals surface area contributed by atoms with Crippen LogP contribution in [0.15, 0.2) is 23.6 Å². The number of rotatable bonds is 3. The molecule has 88 valence electrons. The average Bonchev–Trinajstić information content (AvgIpc) is 2.75. The zero-order chi connectivity index (χ0) is 12.3. The molecule has 0 bridgehead atoms. The molecule has 17 heavy (non-hydrogen) atoms. The summed E-state index contributed by atoms with van der Waals surface area (Å²) in [5.74, 6) is 0.555. The number of aromatic nitrogens is 4. The number of H-pyrrole nitrogens is 1. The van der Waals surface area contributed by atoms with Gasteiger partial charge in [0.05, 0.1) is 12.4 Å². The van der Waals surface area contributed by atoms with Crippen molar-refractivity contribution in [3.05, 3.63) is 29.8 Å². The highest BCUT2D eigenvalue weighted by molar-refractivity contribution is 5.94. The van der Waals surface area contributed by atoms with E-state index in [4.69, 9.17) is 15.7 Å². The molecule has 2 aromatic rings. The maximum Gasteiger partial charge on any atom is 0.240 e. The third-order valence-corrected chi connectivity index (χ3v) is 1.89. The van der Waals surface area contributed by atoms with Crippen molar-refractivity contribution in [2.45, 2.75) is 6.92 Å². The van der Waals surface area contributed by atoms with E-state index in [1.54, 1.807) is 6.07 Å². The molecule has 2 rings (SSSR count). The molecule has 0 radical (unpaired) electrons. The van der Waals surface area contributed by atoms with Crippen molar-refractivity contribution in [3.63, 3.8) is 0 Å². The molecule has 0 aliphatic rings. The molecule has 4 N–H and O–H groups in total. The van der Waals surface area contributed by atoms with Crippen LogP contribution in [0.1, 0.15) is 11.4 Å². The summed E-state index contributed by atoms with van der Waals surface area (Å²) < 4.78 is 5.31. The van der Waals surface area contributed by atoms with Crippen molar-refractivity contribution < 1.29 is 9.94 Å². The van der Waals surface area contributed by atoms with Crippen molar-refractivity contribution in [1.29, 1.82) is 0 Å². The summed E-state index contributed by atoms with van der Waals surface area (Å²) in [4.78, 5) is 7.85. The number of oxime groups is 1. The Hall–Kier alpha value is -2.64. The van der Waals surface area contributed by atoms with Crippen LogP contribution in [-0.4, -0.2) is 31.2 Å². The Balaban J connectivity index is 2.13. The maximum absolute atomic E-state index is 8.45. The van der Waals surface area contributed by atoms with Crippen LogP contribution in [0.5, 0.6) is 11.8 Å². The molecular weight excluding hydrogens is 224 g/mol. The summed E-state index contributed by atoms with van der Waals surface area (Å²) in [6.07, 6.45) is 2.70. The number of aryl methyl sites for hydroxylation is 1. The molecule has 0 fully saturated rings. The highest BCUT2D eigenvalue weighted by Crippen LogP contribution is 2.15. The largest absolute Gasteiger partial charge is 0.417 e. The van der Waals surface area contributed by atoms with Gasteiger partial charge in [0.25, 0.3) is 0 Å². The number of aromatic amines is 1. The molecule has 0 saturated heterocycles. The van der Waals surface area contributed by atoms with E-state index in [1.165, 1.54) is 12.4 Å². The topological polar surface area (TPSA) is 122 Å². The molecule has 0 aromatic carbocycles. The predicted molar refractivity (Wildman–Crippen MR) is 57.9 cm³/mol. The smallest absolute Gasteiger partial charge is 0.240 e. The Morgan fingerprint density at radius 1 is 1.41 bits per heavy atom. The highest BCUT2D eigenvalue weighted by atomic mass is 16.5. The average molecular weight is 234 g/mol. The first-order chi connectivity index (χ1) is 8.19. The summed E-state index contributed by atoms with van der Waals surface area (Å²) in [6, 6.07) is 1.72. The number of hydrogen-bond donors (Lipinski definition) is 3. The quantitative estimate of drug-likeness (QED) is 0.305. The fraction of sp³-hybridized carbons (Fsp3) is 0.111. The first kappa shape index (κ1) is 10.9. The summed E-state index contributed by atoms with van der Waals surface area (Å²) in [7, 11) is 0. The second-order valence-electron chi connectivity index (χ2n) is 3.22. The Bertz CT molecular complexity index is 533. The monoisotopic (exact) mass is 234 g/mol. The SMILES string of the molecule is Cc1cc(Oc2cnc(/C(N)=N/O)cn2)n[nH]1. The lowest BCUT2D eigenvalue weighted by molar-refractivity contribution is 0.318. The van der Waals surface area contributed by atoms with Crippen LogP contribution in [0.2, 0.25) is 0 Å². The van der Waals surface area contributed by atoms with Gasteiger partial charge in [0.1, 0.15) is 5.69 Å². The summed E-state index contributed by atoms with van der Waals surface area (Å²) in [5, 5.41) is 17.9. The maximum atomic E-state index is 8.45. The first-order valence-corrected chi connectivity index (χ1v) is 4.69. The van der Waals surface area contributed by atoms with E-state index in [0.29, 0.717) is 5.88 Å². The van der Waals surface area contributed by atoms with Crippen LogP contribution in [0.4, 0.5) is 0 Å². The van der Waals surface area contributed by atoms with Gasteiger partial charge in [0.15, 0.2) is 5.84 Å². The predicted octanol–water partition coefficient (Wildman–Crippen LogP) is 0.395. The van der Waals surface area contributed by atoms with Gasteiger partial charge in [-0.15, -0.1) is 5.10 Å². The summed E-state index contributed by atoms with van der Waals surface area (Å²) in [6.45, 7) is 1.85. The molecule has 0 saturated carbocycles. The lowest BCUT2D eigenvalue weighted by atomic mass is 10.4. The zero-order valence-electron chi connectivity index (χ0n) is 8.95. The van der Waals surface area contributed by atoms with Gasteiger partial charge in [0, 0.05) is 11.8 Å². The lowest BCUT2D eigenvalue weighted by Crippen LogP contribution is -2.15. The first-order valence-electron chi connectivity index (χ1n) is 4.69. The Kier molecular flexibility index (Phi) is 2.86. The van der Waals surface area contributed by atoms with E-state index >= 15 is 0 Å². The van der Waals surface area contributed by atoms with Gasteiger partial charge in [-0.25, -0.2) is 9.97 Å². The number of amidine groups is 1. The van der Waals surface area contributed by atoms with Crippen molar-refractivity contribution >= 4 is 5.84 Å². The minimum absolute atomic E-state index is 0.111. The van der Waals surface area contributed by atoms with E-state index in [2.05, 4.69) is 25.3 Å². The lowest BCUT2D eigenvalue weighted by Gasteiger charge is -2.01. The molecule has 0 amide bonds. The van der Waals surface area contributed by atoms with Crippen LogP contribution in [-0.2, 0) is 0 Å². The number of ether oxygens (including phenoxy) is 1. The fourth-order valence-corrected chi connectivity index (χ4v) is 1.10. The molecule has 2 aromatic heterocycles. The minimum Gasteiger partial charge on any atom is -0.417 e. The molecule has 8 heteroatoms. The van der Waals surface area contributed by atoms with E-state index in [1.807, 2.05) is 6.92 Å². The summed E-state index contributed by atoms with van der Waals surface area (Å²) >= 11 is 0. The van der Waals surface area contributed by atoms with Crippen molar-refractivity contribution in [2.24, 2.45) is 10.9 Å².